The Labute approximate surface area is 185 Å². The van der Waals surface area contributed by atoms with E-state index in [9.17, 15) is 18.0 Å². The molecule has 166 valence electrons. The summed E-state index contributed by atoms with van der Waals surface area (Å²) in [4.78, 5) is 24.6. The van der Waals surface area contributed by atoms with Gasteiger partial charge >= 0.3 is 5.97 Å². The summed E-state index contributed by atoms with van der Waals surface area (Å²) < 4.78 is 37.9. The smallest absolute Gasteiger partial charge is 0.338 e. The number of halogens is 1. The van der Waals surface area contributed by atoms with E-state index in [-0.39, 0.29) is 23.1 Å². The molecule has 0 bridgehead atoms. The Morgan fingerprint density at radius 3 is 2.55 bits per heavy atom. The Kier molecular flexibility index (Phi) is 7.66. The van der Waals surface area contributed by atoms with Gasteiger partial charge in [0.2, 0.25) is 10.0 Å². The molecule has 1 aliphatic heterocycles. The average Bonchev–Trinajstić information content (AvgIpc) is 3.28. The molecule has 31 heavy (non-hydrogen) atoms. The van der Waals surface area contributed by atoms with Crippen LogP contribution in [0.5, 0.6) is 0 Å². The number of para-hydroxylation sites is 1. The molecule has 10 heteroatoms. The second-order valence-corrected chi connectivity index (χ2v) is 9.20. The number of amides is 1. The van der Waals surface area contributed by atoms with Gasteiger partial charge in [-0.15, -0.1) is 0 Å². The number of ether oxygens (including phenoxy) is 2. The third-order valence-electron chi connectivity index (χ3n) is 4.71. The highest BCUT2D eigenvalue weighted by Gasteiger charge is 2.22. The van der Waals surface area contributed by atoms with Gasteiger partial charge in [0, 0.05) is 13.2 Å². The van der Waals surface area contributed by atoms with Crippen LogP contribution in [0.25, 0.3) is 0 Å². The highest BCUT2D eigenvalue weighted by molar-refractivity contribution is 7.89. The zero-order valence-electron chi connectivity index (χ0n) is 16.8. The Hall–Kier alpha value is -2.46. The summed E-state index contributed by atoms with van der Waals surface area (Å²) in [6.45, 7) is 2.26. The van der Waals surface area contributed by atoms with Crippen LogP contribution in [0.4, 0.5) is 5.69 Å². The second-order valence-electron chi connectivity index (χ2n) is 7.03. The van der Waals surface area contributed by atoms with Gasteiger partial charge in [0.15, 0.2) is 6.10 Å². The fourth-order valence-corrected chi connectivity index (χ4v) is 4.19. The van der Waals surface area contributed by atoms with Gasteiger partial charge in [0.25, 0.3) is 5.91 Å². The van der Waals surface area contributed by atoms with Crippen LogP contribution in [-0.4, -0.2) is 45.7 Å². The van der Waals surface area contributed by atoms with Crippen LogP contribution in [0, 0.1) is 0 Å². The van der Waals surface area contributed by atoms with Crippen molar-refractivity contribution in [3.8, 4) is 0 Å². The van der Waals surface area contributed by atoms with E-state index >= 15 is 0 Å². The van der Waals surface area contributed by atoms with Crippen molar-refractivity contribution in [3.63, 3.8) is 0 Å². The molecule has 8 nitrogen and oxygen atoms in total. The van der Waals surface area contributed by atoms with E-state index < -0.39 is 28.0 Å². The summed E-state index contributed by atoms with van der Waals surface area (Å²) in [6.07, 6.45) is 0.524. The minimum absolute atomic E-state index is 0.0200. The molecule has 1 amide bonds. The SMILES string of the molecule is C[C@H](OC(=O)c1ccc(S(=O)(=O)NC[C@H]2CCCO2)cc1)C(=O)Nc1ccccc1Cl. The number of benzene rings is 2. The normalized spacial score (nSPS) is 17.2. The van der Waals surface area contributed by atoms with Crippen LogP contribution in [0.3, 0.4) is 0 Å². The highest BCUT2D eigenvalue weighted by atomic mass is 35.5. The molecule has 1 saturated heterocycles. The van der Waals surface area contributed by atoms with Gasteiger partial charge in [-0.2, -0.15) is 0 Å². The number of hydrogen-bond acceptors (Lipinski definition) is 6. The van der Waals surface area contributed by atoms with E-state index in [2.05, 4.69) is 10.0 Å². The van der Waals surface area contributed by atoms with Crippen molar-refractivity contribution < 1.29 is 27.5 Å². The molecule has 0 unspecified atom stereocenters. The molecule has 1 fully saturated rings. The minimum atomic E-state index is -3.72. The van der Waals surface area contributed by atoms with Gasteiger partial charge in [-0.1, -0.05) is 23.7 Å². The number of carbonyl (C=O) groups excluding carboxylic acids is 2. The molecule has 0 spiro atoms. The Balaban J connectivity index is 1.56. The molecule has 0 aliphatic carbocycles. The van der Waals surface area contributed by atoms with Gasteiger partial charge < -0.3 is 14.8 Å². The highest BCUT2D eigenvalue weighted by Crippen LogP contribution is 2.21. The van der Waals surface area contributed by atoms with Crippen molar-refractivity contribution in [1.82, 2.24) is 4.72 Å². The lowest BCUT2D eigenvalue weighted by molar-refractivity contribution is -0.123. The first-order valence-corrected chi connectivity index (χ1v) is 11.6. The molecular formula is C21H23ClN2O6S. The standard InChI is InChI=1S/C21H23ClN2O6S/c1-14(20(25)24-19-7-3-2-6-18(19)22)30-21(26)15-8-10-17(11-9-15)31(27,28)23-13-16-5-4-12-29-16/h2-3,6-11,14,16,23H,4-5,12-13H2,1H3,(H,24,25)/t14-,16+/m0/s1. The zero-order valence-corrected chi connectivity index (χ0v) is 18.4. The summed E-state index contributed by atoms with van der Waals surface area (Å²) in [6, 6.07) is 12.0. The number of rotatable bonds is 8. The number of sulfonamides is 1. The number of nitrogens with one attached hydrogen (secondary N) is 2. The summed E-state index contributed by atoms with van der Waals surface area (Å²) in [5.41, 5.74) is 0.526. The first-order valence-electron chi connectivity index (χ1n) is 9.74. The van der Waals surface area contributed by atoms with Gasteiger partial charge in [0.05, 0.1) is 27.3 Å². The van der Waals surface area contributed by atoms with E-state index in [1.165, 1.54) is 31.2 Å². The van der Waals surface area contributed by atoms with Crippen LogP contribution in [0.1, 0.15) is 30.1 Å². The monoisotopic (exact) mass is 466 g/mol. The third kappa shape index (κ3) is 6.27. The van der Waals surface area contributed by atoms with Crippen molar-refractivity contribution in [2.45, 2.75) is 36.9 Å². The maximum atomic E-state index is 12.4. The van der Waals surface area contributed by atoms with E-state index in [1.54, 1.807) is 24.3 Å². The molecule has 0 aromatic heterocycles. The zero-order chi connectivity index (χ0) is 22.4. The molecule has 1 heterocycles. The Morgan fingerprint density at radius 2 is 1.90 bits per heavy atom. The quantitative estimate of drug-likeness (QED) is 0.578. The molecule has 0 saturated carbocycles. The molecule has 3 rings (SSSR count). The predicted molar refractivity (Wildman–Crippen MR) is 116 cm³/mol. The fraction of sp³-hybridized carbons (Fsp3) is 0.333. The summed E-state index contributed by atoms with van der Waals surface area (Å²) >= 11 is 6.00. The van der Waals surface area contributed by atoms with Crippen LogP contribution < -0.4 is 10.0 Å². The van der Waals surface area contributed by atoms with E-state index in [0.717, 1.165) is 12.8 Å². The predicted octanol–water partition coefficient (Wildman–Crippen LogP) is 2.98. The Morgan fingerprint density at radius 1 is 1.19 bits per heavy atom. The number of anilines is 1. The minimum Gasteiger partial charge on any atom is -0.449 e. The van der Waals surface area contributed by atoms with E-state index in [0.29, 0.717) is 17.3 Å². The first kappa shape index (κ1) is 23.2. The van der Waals surface area contributed by atoms with Crippen molar-refractivity contribution in [3.05, 3.63) is 59.1 Å². The van der Waals surface area contributed by atoms with Crippen LogP contribution in [0.15, 0.2) is 53.4 Å². The molecule has 2 aromatic carbocycles. The summed E-state index contributed by atoms with van der Waals surface area (Å²) in [7, 11) is -3.72. The van der Waals surface area contributed by atoms with Crippen molar-refractivity contribution in [2.24, 2.45) is 0 Å². The largest absolute Gasteiger partial charge is 0.449 e. The van der Waals surface area contributed by atoms with Gasteiger partial charge in [-0.3, -0.25) is 4.79 Å². The van der Waals surface area contributed by atoms with Gasteiger partial charge in [0.1, 0.15) is 0 Å². The van der Waals surface area contributed by atoms with Crippen molar-refractivity contribution in [2.75, 3.05) is 18.5 Å². The first-order chi connectivity index (χ1) is 14.8. The topological polar surface area (TPSA) is 111 Å². The third-order valence-corrected chi connectivity index (χ3v) is 6.48. The molecule has 2 aromatic rings. The molecule has 1 aliphatic rings. The maximum Gasteiger partial charge on any atom is 0.338 e. The van der Waals surface area contributed by atoms with Gasteiger partial charge in [-0.25, -0.2) is 17.9 Å². The van der Waals surface area contributed by atoms with E-state index in [4.69, 9.17) is 21.1 Å². The summed E-state index contributed by atoms with van der Waals surface area (Å²) in [5, 5.41) is 2.95. The average molecular weight is 467 g/mol. The number of esters is 1. The van der Waals surface area contributed by atoms with Crippen LogP contribution >= 0.6 is 11.6 Å². The number of carbonyl (C=O) groups is 2. The lowest BCUT2D eigenvalue weighted by atomic mass is 10.2. The Bertz CT molecular complexity index is 1040. The second kappa shape index (κ2) is 10.2. The molecule has 2 N–H and O–H groups in total. The lowest BCUT2D eigenvalue weighted by Gasteiger charge is -2.14. The fourth-order valence-electron chi connectivity index (χ4n) is 2.94. The van der Waals surface area contributed by atoms with Crippen molar-refractivity contribution >= 4 is 39.2 Å². The molecule has 0 radical (unpaired) electrons. The maximum absolute atomic E-state index is 12.4. The van der Waals surface area contributed by atoms with Gasteiger partial charge in [-0.05, 0) is 56.2 Å². The molecule has 2 atom stereocenters. The number of hydrogen-bond donors (Lipinski definition) is 2. The molecular weight excluding hydrogens is 444 g/mol. The van der Waals surface area contributed by atoms with Crippen LogP contribution in [-0.2, 0) is 24.3 Å². The lowest BCUT2D eigenvalue weighted by Crippen LogP contribution is -2.32. The van der Waals surface area contributed by atoms with E-state index in [1.807, 2.05) is 0 Å². The van der Waals surface area contributed by atoms with Crippen molar-refractivity contribution in [1.29, 1.82) is 0 Å². The van der Waals surface area contributed by atoms with Crippen LogP contribution in [0.2, 0.25) is 5.02 Å². The summed E-state index contributed by atoms with van der Waals surface area (Å²) in [5.74, 6) is -1.29.